The van der Waals surface area contributed by atoms with E-state index >= 15 is 0 Å². The summed E-state index contributed by atoms with van der Waals surface area (Å²) in [4.78, 5) is 12.2. The topological polar surface area (TPSA) is 71.9 Å². The van der Waals surface area contributed by atoms with Gasteiger partial charge in [0.25, 0.3) is 5.56 Å². The summed E-state index contributed by atoms with van der Waals surface area (Å²) in [5.41, 5.74) is 2.47. The number of sulfone groups is 1. The fourth-order valence-corrected chi connectivity index (χ4v) is 4.00. The van der Waals surface area contributed by atoms with E-state index in [1.54, 1.807) is 25.4 Å². The first-order chi connectivity index (χ1) is 8.97. The van der Waals surface area contributed by atoms with Crippen molar-refractivity contribution in [2.24, 2.45) is 7.05 Å². The fourth-order valence-electron chi connectivity index (χ4n) is 2.45. The van der Waals surface area contributed by atoms with Crippen molar-refractivity contribution in [3.8, 4) is 0 Å². The van der Waals surface area contributed by atoms with Crippen molar-refractivity contribution in [1.82, 2.24) is 9.78 Å². The van der Waals surface area contributed by atoms with E-state index in [4.69, 9.17) is 0 Å². The van der Waals surface area contributed by atoms with Crippen LogP contribution in [0.15, 0.2) is 34.1 Å². The van der Waals surface area contributed by atoms with Crippen molar-refractivity contribution in [3.63, 3.8) is 0 Å². The minimum Gasteiger partial charge on any atom is -0.303 e. The number of aromatic nitrogens is 2. The predicted octanol–water partition coefficient (Wildman–Crippen LogP) is 0.634. The van der Waals surface area contributed by atoms with E-state index in [2.05, 4.69) is 5.10 Å². The highest BCUT2D eigenvalue weighted by Gasteiger charge is 2.25. The molecule has 2 aromatic rings. The number of hydrogen-bond donors (Lipinski definition) is 1. The lowest BCUT2D eigenvalue weighted by atomic mass is 10.0. The predicted molar refractivity (Wildman–Crippen MR) is 71.0 cm³/mol. The molecule has 0 aliphatic carbocycles. The van der Waals surface area contributed by atoms with Crippen LogP contribution in [0.2, 0.25) is 0 Å². The molecule has 1 N–H and O–H groups in total. The second-order valence-corrected chi connectivity index (χ2v) is 6.93. The third-order valence-corrected chi connectivity index (χ3v) is 5.32. The Hall–Kier alpha value is -1.82. The van der Waals surface area contributed by atoms with E-state index in [1.807, 2.05) is 6.07 Å². The highest BCUT2D eigenvalue weighted by molar-refractivity contribution is 7.91. The normalized spacial score (nSPS) is 16.5. The molecule has 1 aliphatic heterocycles. The third kappa shape index (κ3) is 2.02. The summed E-state index contributed by atoms with van der Waals surface area (Å²) in [5.74, 6) is 0.192. The van der Waals surface area contributed by atoms with Crippen LogP contribution in [0.3, 0.4) is 0 Å². The molecule has 3 rings (SSSR count). The lowest BCUT2D eigenvalue weighted by Crippen LogP contribution is -2.15. The second-order valence-electron chi connectivity index (χ2n) is 4.85. The van der Waals surface area contributed by atoms with Crippen LogP contribution in [-0.2, 0) is 29.7 Å². The molecule has 0 saturated heterocycles. The molecule has 2 heterocycles. The summed E-state index contributed by atoms with van der Waals surface area (Å²) in [6, 6.07) is 5.34. The maximum Gasteiger partial charge on any atom is 0.269 e. The first-order valence-electron chi connectivity index (χ1n) is 6.05. The van der Waals surface area contributed by atoms with Gasteiger partial charge in [0.15, 0.2) is 9.84 Å². The Morgan fingerprint density at radius 3 is 2.84 bits per heavy atom. The number of aromatic amines is 1. The van der Waals surface area contributed by atoms with Crippen molar-refractivity contribution >= 4 is 9.84 Å². The van der Waals surface area contributed by atoms with Gasteiger partial charge in [-0.05, 0) is 23.6 Å². The zero-order valence-electron chi connectivity index (χ0n) is 10.5. The second kappa shape index (κ2) is 4.09. The molecule has 0 unspecified atom stereocenters. The monoisotopic (exact) mass is 278 g/mol. The molecule has 1 aromatic carbocycles. The zero-order chi connectivity index (χ0) is 13.6. The maximum absolute atomic E-state index is 11.7. The smallest absolute Gasteiger partial charge is 0.269 e. The molecular formula is C13H14N2O3S. The highest BCUT2D eigenvalue weighted by atomic mass is 32.2. The lowest BCUT2D eigenvalue weighted by Gasteiger charge is -2.02. The van der Waals surface area contributed by atoms with Gasteiger partial charge < -0.3 is 5.10 Å². The van der Waals surface area contributed by atoms with Gasteiger partial charge in [0.05, 0.1) is 10.6 Å². The molecule has 5 nitrogen and oxygen atoms in total. The summed E-state index contributed by atoms with van der Waals surface area (Å²) in [6.07, 6.45) is 2.77. The lowest BCUT2D eigenvalue weighted by molar-refractivity contribution is 0.600. The van der Waals surface area contributed by atoms with Crippen LogP contribution in [0.25, 0.3) is 0 Å². The molecule has 0 spiro atoms. The summed E-state index contributed by atoms with van der Waals surface area (Å²) in [5, 5.41) is 2.83. The molecule has 0 bridgehead atoms. The quantitative estimate of drug-likeness (QED) is 0.876. The number of hydrogen-bond acceptors (Lipinski definition) is 3. The molecule has 0 radical (unpaired) electrons. The Morgan fingerprint density at radius 1 is 1.37 bits per heavy atom. The van der Waals surface area contributed by atoms with Crippen molar-refractivity contribution in [1.29, 1.82) is 0 Å². The van der Waals surface area contributed by atoms with Crippen LogP contribution >= 0.6 is 0 Å². The Bertz CT molecular complexity index is 800. The van der Waals surface area contributed by atoms with Crippen LogP contribution in [-0.4, -0.2) is 24.0 Å². The highest BCUT2D eigenvalue weighted by Crippen LogP contribution is 2.27. The van der Waals surface area contributed by atoms with Gasteiger partial charge in [0, 0.05) is 25.2 Å². The molecule has 1 aromatic heterocycles. The van der Waals surface area contributed by atoms with Gasteiger partial charge in [-0.25, -0.2) is 8.42 Å². The van der Waals surface area contributed by atoms with E-state index in [9.17, 15) is 13.2 Å². The molecule has 6 heteroatoms. The summed E-state index contributed by atoms with van der Waals surface area (Å²) in [6.45, 7) is 0. The number of fused-ring (bicyclic) bond motifs is 1. The molecule has 0 fully saturated rings. The largest absolute Gasteiger partial charge is 0.303 e. The average molecular weight is 278 g/mol. The first-order valence-corrected chi connectivity index (χ1v) is 7.70. The third-order valence-electron chi connectivity index (χ3n) is 3.51. The number of nitrogens with zero attached hydrogens (tertiary/aromatic N) is 1. The van der Waals surface area contributed by atoms with Gasteiger partial charge >= 0.3 is 0 Å². The van der Waals surface area contributed by atoms with Gasteiger partial charge in [-0.15, -0.1) is 0 Å². The number of rotatable bonds is 2. The van der Waals surface area contributed by atoms with Gasteiger partial charge in [-0.1, -0.05) is 12.1 Å². The summed E-state index contributed by atoms with van der Waals surface area (Å²) >= 11 is 0. The van der Waals surface area contributed by atoms with Crippen LogP contribution in [0, 0.1) is 0 Å². The molecule has 0 atom stereocenters. The summed E-state index contributed by atoms with van der Waals surface area (Å²) in [7, 11) is -1.40. The minimum atomic E-state index is -3.07. The Labute approximate surface area is 110 Å². The molecule has 0 amide bonds. The molecule has 100 valence electrons. The van der Waals surface area contributed by atoms with Crippen molar-refractivity contribution in [2.75, 3.05) is 5.75 Å². The van der Waals surface area contributed by atoms with Gasteiger partial charge in [-0.3, -0.25) is 9.48 Å². The Morgan fingerprint density at radius 2 is 2.16 bits per heavy atom. The number of H-pyrrole nitrogens is 1. The molecule has 1 aliphatic rings. The minimum absolute atomic E-state index is 0.0480. The van der Waals surface area contributed by atoms with Crippen LogP contribution in [0.1, 0.15) is 16.7 Å². The van der Waals surface area contributed by atoms with E-state index in [0.717, 1.165) is 11.1 Å². The van der Waals surface area contributed by atoms with Gasteiger partial charge in [0.1, 0.15) is 0 Å². The zero-order valence-corrected chi connectivity index (χ0v) is 11.3. The Balaban J connectivity index is 1.97. The van der Waals surface area contributed by atoms with Gasteiger partial charge in [0.2, 0.25) is 0 Å². The average Bonchev–Trinajstić information content (AvgIpc) is 2.84. The van der Waals surface area contributed by atoms with E-state index in [1.165, 1.54) is 4.68 Å². The maximum atomic E-state index is 11.7. The van der Waals surface area contributed by atoms with E-state index < -0.39 is 9.84 Å². The van der Waals surface area contributed by atoms with Crippen LogP contribution in [0.5, 0.6) is 0 Å². The van der Waals surface area contributed by atoms with Gasteiger partial charge in [-0.2, -0.15) is 0 Å². The van der Waals surface area contributed by atoms with Crippen LogP contribution < -0.4 is 5.56 Å². The molecular weight excluding hydrogens is 264 g/mol. The standard InChI is InChI=1S/C13H14N2O3S/c1-15-13(16)11(8-14-15)7-9-2-3-12-10(6-9)4-5-19(12,17)18/h2-3,6,8,14H,4-5,7H2,1H3. The Kier molecular flexibility index (Phi) is 2.63. The first kappa shape index (κ1) is 12.2. The molecule has 19 heavy (non-hydrogen) atoms. The fraction of sp³-hybridized carbons (Fsp3) is 0.308. The number of benzene rings is 1. The number of aryl methyl sites for hydroxylation is 2. The van der Waals surface area contributed by atoms with Crippen molar-refractivity contribution in [3.05, 3.63) is 51.4 Å². The van der Waals surface area contributed by atoms with E-state index in [-0.39, 0.29) is 11.3 Å². The van der Waals surface area contributed by atoms with Crippen LogP contribution in [0.4, 0.5) is 0 Å². The SMILES string of the molecule is Cn1[nH]cc(Cc2ccc3c(c2)CCS3(=O)=O)c1=O. The number of nitrogens with one attached hydrogen (secondary N) is 1. The molecule has 0 saturated carbocycles. The summed E-state index contributed by atoms with van der Waals surface area (Å²) < 4.78 is 24.9. The van der Waals surface area contributed by atoms with Crippen molar-refractivity contribution in [2.45, 2.75) is 17.7 Å². The van der Waals surface area contributed by atoms with E-state index in [0.29, 0.717) is 23.3 Å². The van der Waals surface area contributed by atoms with Crippen molar-refractivity contribution < 1.29 is 8.42 Å².